The van der Waals surface area contributed by atoms with E-state index < -0.39 is 0 Å². The number of aromatic nitrogens is 8. The Balaban J connectivity index is 0.000000127. The van der Waals surface area contributed by atoms with Crippen molar-refractivity contribution in [1.82, 2.24) is 40.0 Å². The molecule has 81 heavy (non-hydrogen) atoms. The molecule has 0 bridgehead atoms. The molecule has 412 valence electrons. The van der Waals surface area contributed by atoms with Crippen LogP contribution in [0, 0.1) is 41.5 Å². The van der Waals surface area contributed by atoms with Crippen LogP contribution in [0.4, 0.5) is 0 Å². The zero-order valence-corrected chi connectivity index (χ0v) is 49.8. The van der Waals surface area contributed by atoms with Crippen molar-refractivity contribution in [3.8, 4) is 22.3 Å². The van der Waals surface area contributed by atoms with Gasteiger partial charge in [0.25, 0.3) is 0 Å². The zero-order valence-electron chi connectivity index (χ0n) is 46.6. The van der Waals surface area contributed by atoms with Crippen LogP contribution in [0.5, 0.6) is 0 Å². The summed E-state index contributed by atoms with van der Waals surface area (Å²) < 4.78 is 31.6. The summed E-state index contributed by atoms with van der Waals surface area (Å²) >= 11 is 6.71. The molecule has 0 saturated carbocycles. The van der Waals surface area contributed by atoms with E-state index in [1.807, 2.05) is 124 Å². The quantitative estimate of drug-likeness (QED) is 0.102. The predicted molar refractivity (Wildman–Crippen MR) is 319 cm³/mol. The second-order valence-electron chi connectivity index (χ2n) is 20.8. The van der Waals surface area contributed by atoms with E-state index in [1.54, 1.807) is 18.6 Å². The molecule has 19 heteroatoms. The number of nitrogens with zero attached hydrogens (tertiary/aromatic N) is 8. The molecule has 0 unspecified atom stereocenters. The smallest absolute Gasteiger partial charge is 0.399 e. The highest BCUT2D eigenvalue weighted by molar-refractivity contribution is 9.10. The van der Waals surface area contributed by atoms with E-state index in [1.165, 1.54) is 11.1 Å². The molecule has 4 aliphatic rings. The van der Waals surface area contributed by atoms with Gasteiger partial charge >= 0.3 is 7.12 Å². The third-order valence-electron chi connectivity index (χ3n) is 14.7. The van der Waals surface area contributed by atoms with Crippen LogP contribution in [-0.4, -0.2) is 77.2 Å². The fourth-order valence-electron chi connectivity index (χ4n) is 9.81. The molecule has 16 nitrogen and oxygen atoms in total. The van der Waals surface area contributed by atoms with E-state index in [4.69, 9.17) is 22.9 Å². The lowest BCUT2D eigenvalue weighted by molar-refractivity contribution is -0.104. The Bertz CT molecular complexity index is 3850. The first-order chi connectivity index (χ1) is 38.8. The summed E-state index contributed by atoms with van der Waals surface area (Å²) in [5, 5.41) is 11.9. The molecule has 0 amide bonds. The molecule has 13 rings (SSSR count). The number of pyridine rings is 4. The van der Waals surface area contributed by atoms with Crippen molar-refractivity contribution in [2.24, 2.45) is 0 Å². The van der Waals surface area contributed by atoms with Gasteiger partial charge in [-0.05, 0) is 173 Å². The molecule has 8 aromatic heterocycles. The molecule has 1 aromatic carbocycles. The Kier molecular flexibility index (Phi) is 17.5. The highest BCUT2D eigenvalue weighted by atomic mass is 79.9. The number of aryl methyl sites for hydroxylation is 6. The topological polar surface area (TPSA) is 204 Å². The van der Waals surface area contributed by atoms with Gasteiger partial charge in [0, 0.05) is 85.3 Å². The van der Waals surface area contributed by atoms with Gasteiger partial charge in [-0.25, -0.2) is 0 Å². The van der Waals surface area contributed by atoms with Crippen molar-refractivity contribution in [1.29, 1.82) is 0 Å². The summed E-state index contributed by atoms with van der Waals surface area (Å²) in [5.74, 6) is 2.31. The minimum absolute atomic E-state index is 0.326. The number of fused-ring (bicyclic) bond motifs is 4. The van der Waals surface area contributed by atoms with Crippen LogP contribution >= 0.6 is 31.9 Å². The lowest BCUT2D eigenvalue weighted by Gasteiger charge is -2.32. The summed E-state index contributed by atoms with van der Waals surface area (Å²) in [6, 6.07) is 18.4. The van der Waals surface area contributed by atoms with Crippen LogP contribution in [0.3, 0.4) is 0 Å². The maximum absolute atomic E-state index is 11.4. The van der Waals surface area contributed by atoms with Crippen LogP contribution in [0.2, 0.25) is 0 Å². The SMILES string of the molecule is Brc1cnc2c(c1)CC=C2.Cc1noc(C)c1-c1cnc2c(C=O)cn(Cc3ccccc3)c2c1.Cc1noc(C)c1-c1cnc2c(c1)CC=C2C=O.Cc1noc(C)c1B1OC(C)(C)C(C)(C)O1.O=CC1=CCc2cc(Br)cnc21. The van der Waals surface area contributed by atoms with Crippen molar-refractivity contribution in [3.05, 3.63) is 192 Å². The summed E-state index contributed by atoms with van der Waals surface area (Å²) in [7, 11) is -0.378. The van der Waals surface area contributed by atoms with E-state index in [2.05, 4.69) is 108 Å². The van der Waals surface area contributed by atoms with Gasteiger partial charge in [-0.3, -0.25) is 34.3 Å². The largest absolute Gasteiger partial charge is 0.500 e. The summed E-state index contributed by atoms with van der Waals surface area (Å²) in [4.78, 5) is 50.1. The molecule has 9 heterocycles. The standard InChI is InChI=1S/C20H17N3O2.C14H12N2O2.C11H18BNO3.C9H6BrNO.C8H6BrN/c1-13-19(14(2)25-22-13)16-8-18-20(21-9-16)17(12-24)11-23(18)10-15-6-4-3-5-7-15;1-8-13(9(2)18-16-8)12-5-10-3-4-11(7-17)14(10)15-6-12;1-7-9(8(2)14-13-7)12-15-10(3,4)11(5,6)16-12;10-8-3-6-1-2-7(5-12)9(6)11-4-8;9-7-4-6-2-1-3-8(6)10-5-7/h3-9,11-12H,10H2,1-2H3;4-7H,3H2,1-2H3;1-6H3;2-5H,1H2;1,3-5H,2H2. The molecule has 3 aliphatic carbocycles. The summed E-state index contributed by atoms with van der Waals surface area (Å²) in [6.07, 6.45) is 22.1. The third kappa shape index (κ3) is 12.6. The van der Waals surface area contributed by atoms with Crippen molar-refractivity contribution in [3.63, 3.8) is 0 Å². The number of aldehydes is 3. The van der Waals surface area contributed by atoms with Gasteiger partial charge in [-0.1, -0.05) is 64.0 Å². The molecular formula is C62H59BBr2N8O8. The number of carbonyl (C=O) groups is 3. The number of hydrogen-bond acceptors (Lipinski definition) is 15. The molecule has 0 spiro atoms. The number of halogens is 2. The molecule has 0 atom stereocenters. The van der Waals surface area contributed by atoms with Crippen LogP contribution in [-0.2, 0) is 44.7 Å². The number of hydrogen-bond donors (Lipinski definition) is 0. The highest BCUT2D eigenvalue weighted by Crippen LogP contribution is 2.37. The van der Waals surface area contributed by atoms with Gasteiger partial charge in [-0.2, -0.15) is 0 Å². The molecule has 1 saturated heterocycles. The lowest BCUT2D eigenvalue weighted by atomic mass is 9.77. The molecule has 1 fully saturated rings. The average molecular weight is 1210 g/mol. The molecule has 1 aliphatic heterocycles. The van der Waals surface area contributed by atoms with E-state index in [9.17, 15) is 14.4 Å². The second-order valence-corrected chi connectivity index (χ2v) is 22.6. The number of allylic oxidation sites excluding steroid dienone is 5. The normalized spacial score (nSPS) is 14.6. The second kappa shape index (κ2) is 24.5. The van der Waals surface area contributed by atoms with Crippen LogP contribution in [0.15, 0.2) is 126 Å². The Morgan fingerprint density at radius 1 is 0.605 bits per heavy atom. The first-order valence-electron chi connectivity index (χ1n) is 26.2. The maximum atomic E-state index is 11.4. The molecule has 0 N–H and O–H groups in total. The first-order valence-corrected chi connectivity index (χ1v) is 27.8. The first kappa shape index (κ1) is 57.8. The third-order valence-corrected chi connectivity index (χ3v) is 15.5. The van der Waals surface area contributed by atoms with E-state index >= 15 is 0 Å². The highest BCUT2D eigenvalue weighted by Gasteiger charge is 2.53. The summed E-state index contributed by atoms with van der Waals surface area (Å²) in [6.45, 7) is 20.2. The van der Waals surface area contributed by atoms with Crippen LogP contribution < -0.4 is 5.46 Å². The van der Waals surface area contributed by atoms with Crippen LogP contribution in [0.25, 0.3) is 50.5 Å². The molecule has 0 radical (unpaired) electrons. The Hall–Kier alpha value is -7.84. The fraction of sp³-hybridized carbons (Fsp3) is 0.258. The Morgan fingerprint density at radius 3 is 1.69 bits per heavy atom. The van der Waals surface area contributed by atoms with Gasteiger partial charge in [0.15, 0.2) is 18.9 Å². The molecular weight excluding hydrogens is 1160 g/mol. The van der Waals surface area contributed by atoms with E-state index in [-0.39, 0.29) is 18.3 Å². The fourth-order valence-corrected chi connectivity index (χ4v) is 10.6. The average Bonchev–Trinajstić information content (AvgIpc) is 4.55. The monoisotopic (exact) mass is 1210 g/mol. The van der Waals surface area contributed by atoms with Crippen molar-refractivity contribution in [2.45, 2.75) is 106 Å². The van der Waals surface area contributed by atoms with Gasteiger partial charge in [0.2, 0.25) is 0 Å². The maximum Gasteiger partial charge on any atom is 0.500 e. The number of benzene rings is 1. The van der Waals surface area contributed by atoms with Gasteiger partial charge in [0.1, 0.15) is 17.3 Å². The Labute approximate surface area is 486 Å². The summed E-state index contributed by atoms with van der Waals surface area (Å²) in [5.41, 5.74) is 17.7. The number of rotatable bonds is 8. The van der Waals surface area contributed by atoms with Gasteiger partial charge < -0.3 is 27.4 Å². The van der Waals surface area contributed by atoms with Crippen molar-refractivity contribution < 1.29 is 37.3 Å². The Morgan fingerprint density at radius 2 is 1.14 bits per heavy atom. The minimum Gasteiger partial charge on any atom is -0.399 e. The van der Waals surface area contributed by atoms with Crippen molar-refractivity contribution in [2.75, 3.05) is 0 Å². The van der Waals surface area contributed by atoms with E-state index in [0.29, 0.717) is 28.8 Å². The van der Waals surface area contributed by atoms with E-state index in [0.717, 1.165) is 143 Å². The molecule has 9 aromatic rings. The van der Waals surface area contributed by atoms with Crippen molar-refractivity contribution >= 4 is 91.6 Å². The predicted octanol–water partition coefficient (Wildman–Crippen LogP) is 12.6. The zero-order chi connectivity index (χ0) is 57.8. The lowest BCUT2D eigenvalue weighted by Crippen LogP contribution is -2.41. The van der Waals surface area contributed by atoms with Gasteiger partial charge in [0.05, 0.1) is 62.0 Å². The minimum atomic E-state index is -0.378. The number of carbonyl (C=O) groups excluding carboxylic acids is 3. The van der Waals surface area contributed by atoms with Gasteiger partial charge in [-0.15, -0.1) is 0 Å². The van der Waals surface area contributed by atoms with Crippen LogP contribution in [0.1, 0.15) is 112 Å².